The first-order valence-corrected chi connectivity index (χ1v) is 9.28. The van der Waals surface area contributed by atoms with Gasteiger partial charge in [-0.15, -0.1) is 0 Å². The maximum absolute atomic E-state index is 11.8. The van der Waals surface area contributed by atoms with E-state index in [0.29, 0.717) is 11.3 Å². The second-order valence-electron chi connectivity index (χ2n) is 5.89. The fourth-order valence-electron chi connectivity index (χ4n) is 2.10. The molecule has 0 atom stereocenters. The Balaban J connectivity index is 2.04. The van der Waals surface area contributed by atoms with Crippen LogP contribution in [0.2, 0.25) is 0 Å². The lowest BCUT2D eigenvalue weighted by Gasteiger charge is -2.29. The highest BCUT2D eigenvalue weighted by atomic mass is 32.2. The molecule has 136 valence electrons. The molecule has 1 saturated heterocycles. The molecule has 8 nitrogen and oxygen atoms in total. The second-order valence-corrected chi connectivity index (χ2v) is 8.08. The van der Waals surface area contributed by atoms with Crippen molar-refractivity contribution in [2.45, 2.75) is 25.4 Å². The summed E-state index contributed by atoms with van der Waals surface area (Å²) in [5.74, 6) is -3.35. The Morgan fingerprint density at radius 2 is 1.68 bits per heavy atom. The van der Waals surface area contributed by atoms with Crippen molar-refractivity contribution in [1.29, 1.82) is 0 Å². The van der Waals surface area contributed by atoms with Gasteiger partial charge in [-0.25, -0.2) is 18.0 Å². The number of aliphatic hydroxyl groups is 1. The second kappa shape index (κ2) is 7.24. The number of hydrogen-bond acceptors (Lipinski definition) is 8. The summed E-state index contributed by atoms with van der Waals surface area (Å²) in [5.41, 5.74) is 0.833. The van der Waals surface area contributed by atoms with E-state index in [-0.39, 0.29) is 17.1 Å². The van der Waals surface area contributed by atoms with Crippen molar-refractivity contribution in [3.63, 3.8) is 0 Å². The van der Waals surface area contributed by atoms with Crippen molar-refractivity contribution in [1.82, 2.24) is 0 Å². The molecule has 1 fully saturated rings. The van der Waals surface area contributed by atoms with Crippen LogP contribution in [-0.2, 0) is 34.7 Å². The number of aliphatic hydroxyl groups excluding tert-OH is 1. The third-order valence-electron chi connectivity index (χ3n) is 3.24. The Labute approximate surface area is 145 Å². The first-order chi connectivity index (χ1) is 11.6. The Kier molecular flexibility index (Phi) is 5.48. The van der Waals surface area contributed by atoms with Gasteiger partial charge in [-0.05, 0) is 17.7 Å². The molecular weight excluding hydrogens is 350 g/mol. The van der Waals surface area contributed by atoms with Crippen molar-refractivity contribution in [2.75, 3.05) is 17.7 Å². The van der Waals surface area contributed by atoms with Crippen LogP contribution in [0.3, 0.4) is 0 Å². The van der Waals surface area contributed by atoms with Crippen LogP contribution in [0.25, 0.3) is 0 Å². The Morgan fingerprint density at radius 1 is 1.12 bits per heavy atom. The Bertz CT molecular complexity index is 772. The van der Waals surface area contributed by atoms with E-state index in [9.17, 15) is 18.0 Å². The Morgan fingerprint density at radius 3 is 2.20 bits per heavy atom. The largest absolute Gasteiger partial charge is 0.419 e. The van der Waals surface area contributed by atoms with Crippen LogP contribution >= 0.6 is 0 Å². The van der Waals surface area contributed by atoms with E-state index in [0.717, 1.165) is 0 Å². The van der Waals surface area contributed by atoms with Gasteiger partial charge in [0.1, 0.15) is 0 Å². The van der Waals surface area contributed by atoms with Crippen molar-refractivity contribution in [2.24, 2.45) is 0 Å². The number of benzene rings is 1. The van der Waals surface area contributed by atoms with E-state index in [1.807, 2.05) is 0 Å². The number of ether oxygens (including phenoxy) is 2. The van der Waals surface area contributed by atoms with Crippen molar-refractivity contribution in [3.8, 4) is 0 Å². The monoisotopic (exact) mass is 369 g/mol. The number of esters is 2. The molecule has 0 radical (unpaired) electrons. The lowest BCUT2D eigenvalue weighted by atomic mass is 10.2. The first kappa shape index (κ1) is 18.9. The van der Waals surface area contributed by atoms with E-state index in [1.165, 1.54) is 20.0 Å². The molecule has 0 aliphatic carbocycles. The zero-order valence-electron chi connectivity index (χ0n) is 13.8. The average molecular weight is 369 g/mol. The molecule has 0 spiro atoms. The summed E-state index contributed by atoms with van der Waals surface area (Å²) in [5, 5.41) is 11.5. The van der Waals surface area contributed by atoms with Gasteiger partial charge in [0.15, 0.2) is 15.4 Å². The van der Waals surface area contributed by atoms with Crippen molar-refractivity contribution >= 4 is 27.5 Å². The molecule has 0 saturated carbocycles. The zero-order chi connectivity index (χ0) is 18.7. The minimum atomic E-state index is -3.36. The molecule has 2 rings (SSSR count). The van der Waals surface area contributed by atoms with Gasteiger partial charge in [-0.2, -0.15) is 0 Å². The molecule has 1 aromatic rings. The molecule has 1 aliphatic heterocycles. The molecule has 2 N–H and O–H groups in total. The van der Waals surface area contributed by atoms with Gasteiger partial charge < -0.3 is 19.9 Å². The van der Waals surface area contributed by atoms with Gasteiger partial charge in [-0.1, -0.05) is 12.1 Å². The minimum Gasteiger partial charge on any atom is -0.419 e. The van der Waals surface area contributed by atoms with Crippen LogP contribution < -0.4 is 5.32 Å². The normalized spacial score (nSPS) is 16.8. The fourth-order valence-corrected chi connectivity index (χ4v) is 3.22. The van der Waals surface area contributed by atoms with Crippen molar-refractivity contribution in [3.05, 3.63) is 41.6 Å². The van der Waals surface area contributed by atoms with Crippen LogP contribution in [0.5, 0.6) is 0 Å². The number of sulfone groups is 1. The lowest BCUT2D eigenvalue weighted by molar-refractivity contribution is -0.222. The summed E-state index contributed by atoms with van der Waals surface area (Å²) in [7, 11) is -3.36. The number of cyclic esters (lactones) is 2. The minimum absolute atomic E-state index is 0.178. The molecule has 0 aromatic heterocycles. The molecule has 0 bridgehead atoms. The van der Waals surface area contributed by atoms with Gasteiger partial charge in [-0.3, -0.25) is 0 Å². The maximum Gasteiger partial charge on any atom is 0.350 e. The smallest absolute Gasteiger partial charge is 0.350 e. The molecule has 0 unspecified atom stereocenters. The number of rotatable bonds is 6. The molecule has 1 aromatic carbocycles. The van der Waals surface area contributed by atoms with Crippen LogP contribution in [0.1, 0.15) is 19.4 Å². The molecule has 1 aliphatic rings. The van der Waals surface area contributed by atoms with Gasteiger partial charge in [0.25, 0.3) is 5.79 Å². The molecular formula is C16H19NO7S. The SMILES string of the molecule is CC1(C)OC(=O)C(=CNc2ccc(CS(=O)(=O)CCO)cc2)C(=O)O1. The topological polar surface area (TPSA) is 119 Å². The predicted molar refractivity (Wildman–Crippen MR) is 89.0 cm³/mol. The molecule has 1 heterocycles. The highest BCUT2D eigenvalue weighted by Gasteiger charge is 2.38. The zero-order valence-corrected chi connectivity index (χ0v) is 14.6. The van der Waals surface area contributed by atoms with Crippen LogP contribution in [-0.4, -0.2) is 43.6 Å². The third-order valence-corrected chi connectivity index (χ3v) is 4.82. The molecule has 9 heteroatoms. The van der Waals surface area contributed by atoms with E-state index in [2.05, 4.69) is 5.32 Å². The fraction of sp³-hybridized carbons (Fsp3) is 0.375. The summed E-state index contributed by atoms with van der Waals surface area (Å²) in [6.45, 7) is 2.49. The first-order valence-electron chi connectivity index (χ1n) is 7.45. The number of anilines is 1. The van der Waals surface area contributed by atoms with Crippen LogP contribution in [0.4, 0.5) is 5.69 Å². The van der Waals surface area contributed by atoms with E-state index in [4.69, 9.17) is 14.6 Å². The maximum atomic E-state index is 11.8. The average Bonchev–Trinajstić information content (AvgIpc) is 2.46. The number of nitrogens with one attached hydrogen (secondary N) is 1. The Hall–Kier alpha value is -2.39. The number of carbonyl (C=O) groups excluding carboxylic acids is 2. The highest BCUT2D eigenvalue weighted by Crippen LogP contribution is 2.22. The molecule has 0 amide bonds. The van der Waals surface area contributed by atoms with E-state index in [1.54, 1.807) is 24.3 Å². The van der Waals surface area contributed by atoms with Crippen LogP contribution in [0, 0.1) is 0 Å². The summed E-state index contributed by atoms with van der Waals surface area (Å²) in [4.78, 5) is 23.6. The number of carbonyl (C=O) groups is 2. The quantitative estimate of drug-likeness (QED) is 0.428. The van der Waals surface area contributed by atoms with E-state index >= 15 is 0 Å². The van der Waals surface area contributed by atoms with Crippen molar-refractivity contribution < 1.29 is 32.6 Å². The standard InChI is InChI=1S/C16H19NO7S/c1-16(2)23-14(19)13(15(20)24-16)9-17-12-5-3-11(4-6-12)10-25(21,22)8-7-18/h3-6,9,17-18H,7-8,10H2,1-2H3. The number of hydrogen-bond donors (Lipinski definition) is 2. The third kappa shape index (κ3) is 5.30. The van der Waals surface area contributed by atoms with Gasteiger partial charge in [0.2, 0.25) is 0 Å². The lowest BCUT2D eigenvalue weighted by Crippen LogP contribution is -2.42. The highest BCUT2D eigenvalue weighted by molar-refractivity contribution is 7.90. The van der Waals surface area contributed by atoms with Gasteiger partial charge in [0.05, 0.1) is 18.1 Å². The summed E-state index contributed by atoms with van der Waals surface area (Å²) in [6.07, 6.45) is 1.18. The van der Waals surface area contributed by atoms with Gasteiger partial charge >= 0.3 is 11.9 Å². The molecule has 25 heavy (non-hydrogen) atoms. The summed E-state index contributed by atoms with van der Waals surface area (Å²) >= 11 is 0. The van der Waals surface area contributed by atoms with Crippen LogP contribution in [0.15, 0.2) is 36.0 Å². The van der Waals surface area contributed by atoms with E-state index < -0.39 is 34.2 Å². The predicted octanol–water partition coefficient (Wildman–Crippen LogP) is 0.726. The summed E-state index contributed by atoms with van der Waals surface area (Å²) in [6, 6.07) is 6.39. The summed E-state index contributed by atoms with van der Waals surface area (Å²) < 4.78 is 33.2. The van der Waals surface area contributed by atoms with Gasteiger partial charge in [0, 0.05) is 25.7 Å².